The summed E-state index contributed by atoms with van der Waals surface area (Å²) in [7, 11) is 0. The van der Waals surface area contributed by atoms with E-state index < -0.39 is 12.2 Å². The summed E-state index contributed by atoms with van der Waals surface area (Å²) in [6.07, 6.45) is 1.86. The summed E-state index contributed by atoms with van der Waals surface area (Å²) in [4.78, 5) is 14.3. The molecular weight excluding hydrogens is 394 g/mol. The lowest BCUT2D eigenvalue weighted by Gasteiger charge is -2.27. The standard InChI is InChI=1S/C22H26F2N2O4/c23-21(24)30-19-9-7-17(8-10-19)25-20(27)15-26-13-4-11-22(28,12-14-26)16-29-18-5-2-1-3-6-18/h1-3,5-10,21,28H,4,11-16H2,(H,25,27). The van der Waals surface area contributed by atoms with E-state index in [2.05, 4.69) is 10.1 Å². The number of nitrogens with zero attached hydrogens (tertiary/aromatic N) is 1. The first-order chi connectivity index (χ1) is 14.4. The minimum atomic E-state index is -2.88. The highest BCUT2D eigenvalue weighted by molar-refractivity contribution is 5.92. The molecule has 162 valence electrons. The van der Waals surface area contributed by atoms with Gasteiger partial charge in [-0.2, -0.15) is 8.78 Å². The number of ether oxygens (including phenoxy) is 2. The Morgan fingerprint density at radius 1 is 1.07 bits per heavy atom. The zero-order valence-corrected chi connectivity index (χ0v) is 16.6. The van der Waals surface area contributed by atoms with Crippen LogP contribution in [-0.4, -0.2) is 54.4 Å². The number of amides is 1. The first-order valence-corrected chi connectivity index (χ1v) is 9.89. The quantitative estimate of drug-likeness (QED) is 0.684. The molecule has 0 bridgehead atoms. The van der Waals surface area contributed by atoms with Crippen LogP contribution in [0.5, 0.6) is 11.5 Å². The zero-order chi connectivity index (χ0) is 21.4. The summed E-state index contributed by atoms with van der Waals surface area (Å²) >= 11 is 0. The number of nitrogens with one attached hydrogen (secondary N) is 1. The topological polar surface area (TPSA) is 71.0 Å². The highest BCUT2D eigenvalue weighted by Gasteiger charge is 2.31. The predicted molar refractivity (Wildman–Crippen MR) is 109 cm³/mol. The van der Waals surface area contributed by atoms with Crippen molar-refractivity contribution in [2.24, 2.45) is 0 Å². The number of hydrogen-bond donors (Lipinski definition) is 2. The molecule has 1 unspecified atom stereocenters. The Kier molecular flexibility index (Phi) is 7.59. The van der Waals surface area contributed by atoms with Crippen molar-refractivity contribution in [3.05, 3.63) is 54.6 Å². The van der Waals surface area contributed by atoms with Gasteiger partial charge in [-0.25, -0.2) is 0 Å². The van der Waals surface area contributed by atoms with Gasteiger partial charge in [0.15, 0.2) is 0 Å². The molecule has 0 radical (unpaired) electrons. The molecule has 0 aliphatic carbocycles. The first-order valence-electron chi connectivity index (χ1n) is 9.89. The molecule has 6 nitrogen and oxygen atoms in total. The van der Waals surface area contributed by atoms with Gasteiger partial charge in [-0.05, 0) is 62.2 Å². The summed E-state index contributed by atoms with van der Waals surface area (Å²) in [5.74, 6) is 0.549. The van der Waals surface area contributed by atoms with E-state index in [-0.39, 0.29) is 24.8 Å². The Bertz CT molecular complexity index is 805. The second kappa shape index (κ2) is 10.4. The predicted octanol–water partition coefficient (Wildman–Crippen LogP) is 3.52. The van der Waals surface area contributed by atoms with Crippen molar-refractivity contribution in [1.29, 1.82) is 0 Å². The molecule has 2 aromatic rings. The lowest BCUT2D eigenvalue weighted by Crippen LogP contribution is -2.38. The molecule has 0 aromatic heterocycles. The second-order valence-corrected chi connectivity index (χ2v) is 7.41. The van der Waals surface area contributed by atoms with Gasteiger partial charge in [0.2, 0.25) is 5.91 Å². The number of likely N-dealkylation sites (tertiary alicyclic amines) is 1. The van der Waals surface area contributed by atoms with Gasteiger partial charge >= 0.3 is 6.61 Å². The van der Waals surface area contributed by atoms with E-state index in [1.807, 2.05) is 35.2 Å². The minimum absolute atomic E-state index is 0.0347. The first kappa shape index (κ1) is 22.0. The summed E-state index contributed by atoms with van der Waals surface area (Å²) in [6.45, 7) is -1.22. The molecule has 1 saturated heterocycles. The van der Waals surface area contributed by atoms with Gasteiger partial charge in [-0.1, -0.05) is 18.2 Å². The molecule has 1 atom stereocenters. The van der Waals surface area contributed by atoms with Crippen LogP contribution in [0.25, 0.3) is 0 Å². The van der Waals surface area contributed by atoms with E-state index in [9.17, 15) is 18.7 Å². The zero-order valence-electron chi connectivity index (χ0n) is 16.6. The third-order valence-electron chi connectivity index (χ3n) is 4.99. The normalized spacial score (nSPS) is 19.9. The third-order valence-corrected chi connectivity index (χ3v) is 4.99. The molecule has 1 heterocycles. The highest BCUT2D eigenvalue weighted by atomic mass is 19.3. The highest BCUT2D eigenvalue weighted by Crippen LogP contribution is 2.24. The van der Waals surface area contributed by atoms with Crippen LogP contribution >= 0.6 is 0 Å². The molecule has 2 aromatic carbocycles. The van der Waals surface area contributed by atoms with Crippen molar-refractivity contribution >= 4 is 11.6 Å². The minimum Gasteiger partial charge on any atom is -0.491 e. The fourth-order valence-corrected chi connectivity index (χ4v) is 3.39. The van der Waals surface area contributed by atoms with Gasteiger partial charge in [0.25, 0.3) is 0 Å². The lowest BCUT2D eigenvalue weighted by atomic mass is 9.96. The van der Waals surface area contributed by atoms with Gasteiger partial charge in [0.05, 0.1) is 12.1 Å². The average Bonchev–Trinajstić information content (AvgIpc) is 2.90. The lowest BCUT2D eigenvalue weighted by molar-refractivity contribution is -0.117. The number of anilines is 1. The van der Waals surface area contributed by atoms with Gasteiger partial charge in [-0.3, -0.25) is 9.69 Å². The Morgan fingerprint density at radius 3 is 2.50 bits per heavy atom. The largest absolute Gasteiger partial charge is 0.491 e. The van der Waals surface area contributed by atoms with Crippen molar-refractivity contribution in [1.82, 2.24) is 4.90 Å². The fraction of sp³-hybridized carbons (Fsp3) is 0.409. The number of aliphatic hydroxyl groups is 1. The smallest absolute Gasteiger partial charge is 0.387 e. The van der Waals surface area contributed by atoms with E-state index in [0.717, 1.165) is 12.2 Å². The summed E-state index contributed by atoms with van der Waals surface area (Å²) in [6, 6.07) is 15.1. The van der Waals surface area contributed by atoms with Crippen molar-refractivity contribution in [3.8, 4) is 11.5 Å². The molecule has 3 rings (SSSR count). The SMILES string of the molecule is O=C(CN1CCCC(O)(COc2ccccc2)CC1)Nc1ccc(OC(F)F)cc1. The Balaban J connectivity index is 1.45. The summed E-state index contributed by atoms with van der Waals surface area (Å²) in [5.41, 5.74) is -0.425. The number of alkyl halides is 2. The number of benzene rings is 2. The van der Waals surface area contributed by atoms with Crippen molar-refractivity contribution in [2.75, 3.05) is 31.6 Å². The van der Waals surface area contributed by atoms with Gasteiger partial charge in [0.1, 0.15) is 18.1 Å². The number of carbonyl (C=O) groups excluding carboxylic acids is 1. The van der Waals surface area contributed by atoms with Gasteiger partial charge in [-0.15, -0.1) is 0 Å². The van der Waals surface area contributed by atoms with E-state index in [1.165, 1.54) is 24.3 Å². The Labute approximate surface area is 174 Å². The number of hydrogen-bond acceptors (Lipinski definition) is 5. The molecule has 1 aliphatic heterocycles. The van der Waals surface area contributed by atoms with Crippen molar-refractivity contribution < 1.29 is 28.2 Å². The van der Waals surface area contributed by atoms with Crippen LogP contribution in [0.3, 0.4) is 0 Å². The van der Waals surface area contributed by atoms with Crippen molar-refractivity contribution in [3.63, 3.8) is 0 Å². The molecule has 0 spiro atoms. The molecule has 1 amide bonds. The average molecular weight is 420 g/mol. The number of para-hydroxylation sites is 1. The Morgan fingerprint density at radius 2 is 1.80 bits per heavy atom. The van der Waals surface area contributed by atoms with Crippen LogP contribution in [-0.2, 0) is 4.79 Å². The van der Waals surface area contributed by atoms with Gasteiger partial charge < -0.3 is 19.9 Å². The summed E-state index contributed by atoms with van der Waals surface area (Å²) in [5, 5.41) is 13.6. The monoisotopic (exact) mass is 420 g/mol. The molecule has 1 fully saturated rings. The number of carbonyl (C=O) groups is 1. The van der Waals surface area contributed by atoms with Crippen LogP contribution in [0.4, 0.5) is 14.5 Å². The molecule has 8 heteroatoms. The number of halogens is 2. The van der Waals surface area contributed by atoms with E-state index in [1.54, 1.807) is 0 Å². The Hall–Kier alpha value is -2.71. The number of rotatable bonds is 8. The third kappa shape index (κ3) is 6.96. The second-order valence-electron chi connectivity index (χ2n) is 7.41. The van der Waals surface area contributed by atoms with Crippen LogP contribution in [0.1, 0.15) is 19.3 Å². The van der Waals surface area contributed by atoms with Gasteiger partial charge in [0, 0.05) is 12.2 Å². The molecule has 30 heavy (non-hydrogen) atoms. The van der Waals surface area contributed by atoms with Crippen LogP contribution < -0.4 is 14.8 Å². The van der Waals surface area contributed by atoms with Crippen molar-refractivity contribution in [2.45, 2.75) is 31.5 Å². The molecule has 1 aliphatic rings. The van der Waals surface area contributed by atoms with E-state index in [0.29, 0.717) is 31.6 Å². The van der Waals surface area contributed by atoms with Crippen LogP contribution in [0.2, 0.25) is 0 Å². The molecular formula is C22H26F2N2O4. The molecule has 0 saturated carbocycles. The molecule has 2 N–H and O–H groups in total. The maximum absolute atomic E-state index is 12.3. The van der Waals surface area contributed by atoms with E-state index in [4.69, 9.17) is 4.74 Å². The fourth-order valence-electron chi connectivity index (χ4n) is 3.39. The van der Waals surface area contributed by atoms with E-state index >= 15 is 0 Å². The van der Waals surface area contributed by atoms with Crippen LogP contribution in [0, 0.1) is 0 Å². The maximum Gasteiger partial charge on any atom is 0.387 e. The van der Waals surface area contributed by atoms with Crippen LogP contribution in [0.15, 0.2) is 54.6 Å². The maximum atomic E-state index is 12.3. The summed E-state index contributed by atoms with van der Waals surface area (Å²) < 4.78 is 34.4.